The van der Waals surface area contributed by atoms with E-state index in [0.717, 1.165) is 69.5 Å². The quantitative estimate of drug-likeness (QED) is 0.203. The number of carbonyl (C=O) groups excluding carboxylic acids is 1. The second-order valence-corrected chi connectivity index (χ2v) is 11.1. The summed E-state index contributed by atoms with van der Waals surface area (Å²) in [5, 5.41) is 3.53. The zero-order valence-electron chi connectivity index (χ0n) is 23.6. The lowest BCUT2D eigenvalue weighted by molar-refractivity contribution is -0.143. The first-order valence-electron chi connectivity index (χ1n) is 14.6. The Bertz CT molecular complexity index is 1770. The molecule has 3 heterocycles. The molecule has 3 aromatic carbocycles. The molecule has 0 radical (unpaired) electrons. The van der Waals surface area contributed by atoms with Gasteiger partial charge in [-0.25, -0.2) is 9.97 Å². The van der Waals surface area contributed by atoms with Crippen molar-refractivity contribution in [2.75, 3.05) is 11.9 Å². The van der Waals surface area contributed by atoms with E-state index in [4.69, 9.17) is 20.4 Å². The Morgan fingerprint density at radius 3 is 2.48 bits per heavy atom. The molecule has 42 heavy (non-hydrogen) atoms. The van der Waals surface area contributed by atoms with Crippen molar-refractivity contribution in [2.45, 2.75) is 44.6 Å². The molecule has 7 nitrogen and oxygen atoms in total. The predicted molar refractivity (Wildman–Crippen MR) is 166 cm³/mol. The number of rotatable bonds is 7. The van der Waals surface area contributed by atoms with Gasteiger partial charge in [-0.1, -0.05) is 60.7 Å². The summed E-state index contributed by atoms with van der Waals surface area (Å²) in [7, 11) is 0. The number of hydrogen-bond donors (Lipinski definition) is 2. The maximum atomic E-state index is 11.9. The first-order valence-corrected chi connectivity index (χ1v) is 14.6. The molecule has 1 saturated carbocycles. The summed E-state index contributed by atoms with van der Waals surface area (Å²) in [5.74, 6) is 1.45. The molecular weight excluding hydrogens is 522 g/mol. The van der Waals surface area contributed by atoms with E-state index in [0.29, 0.717) is 19.4 Å². The Morgan fingerprint density at radius 2 is 1.74 bits per heavy atom. The zero-order valence-corrected chi connectivity index (χ0v) is 23.6. The fourth-order valence-electron chi connectivity index (χ4n) is 6.01. The van der Waals surface area contributed by atoms with Crippen molar-refractivity contribution >= 4 is 17.5 Å². The van der Waals surface area contributed by atoms with E-state index < -0.39 is 0 Å². The van der Waals surface area contributed by atoms with Gasteiger partial charge in [0, 0.05) is 34.8 Å². The summed E-state index contributed by atoms with van der Waals surface area (Å²) in [6.07, 6.45) is 6.00. The highest BCUT2D eigenvalue weighted by Crippen LogP contribution is 2.45. The van der Waals surface area contributed by atoms with E-state index >= 15 is 0 Å². The molecule has 3 N–H and O–H groups in total. The van der Waals surface area contributed by atoms with Crippen molar-refractivity contribution in [2.24, 2.45) is 5.73 Å². The number of anilines is 2. The summed E-state index contributed by atoms with van der Waals surface area (Å²) in [6, 6.07) is 29.3. The summed E-state index contributed by atoms with van der Waals surface area (Å²) >= 11 is 0. The molecule has 7 heteroatoms. The normalized spacial score (nSPS) is 14.4. The molecule has 1 aliphatic carbocycles. The van der Waals surface area contributed by atoms with Crippen LogP contribution in [0.4, 0.5) is 11.5 Å². The standard InChI is InChI=1S/C35H33N5O2/c1-2-42-30(41)19-12-23-10-13-24(14-11-23)31-32(25-15-17-26(18-16-25)35(36)20-6-21-35)40-29-9-5-22-37-33(29)38-28-8-4-3-7-27(28)34(40)39-31/h3-5,7-11,13-18,22H,2,6,12,19-21,36H2,1H3,(H,37,38). The number of esters is 1. The third kappa shape index (κ3) is 4.56. The molecule has 2 aromatic heterocycles. The summed E-state index contributed by atoms with van der Waals surface area (Å²) in [5.41, 5.74) is 15.5. The molecule has 0 atom stereocenters. The molecule has 5 aromatic rings. The van der Waals surface area contributed by atoms with E-state index in [1.54, 1.807) is 6.20 Å². The van der Waals surface area contributed by atoms with Crippen LogP contribution in [-0.4, -0.2) is 27.1 Å². The Balaban J connectivity index is 1.39. The number of para-hydroxylation sites is 1. The van der Waals surface area contributed by atoms with Crippen molar-refractivity contribution < 1.29 is 9.53 Å². The summed E-state index contributed by atoms with van der Waals surface area (Å²) in [4.78, 5) is 21.9. The van der Waals surface area contributed by atoms with Crippen LogP contribution in [0.25, 0.3) is 39.6 Å². The molecule has 210 valence electrons. The number of aromatic nitrogens is 3. The average molecular weight is 556 g/mol. The lowest BCUT2D eigenvalue weighted by Crippen LogP contribution is -2.43. The van der Waals surface area contributed by atoms with Gasteiger partial charge in [-0.2, -0.15) is 0 Å². The smallest absolute Gasteiger partial charge is 0.306 e. The van der Waals surface area contributed by atoms with Crippen molar-refractivity contribution in [3.05, 3.63) is 102 Å². The zero-order chi connectivity index (χ0) is 28.7. The molecule has 0 bridgehead atoms. The lowest BCUT2D eigenvalue weighted by atomic mass is 9.72. The topological polar surface area (TPSA) is 95.1 Å². The number of nitrogens with two attached hydrogens (primary N) is 1. The second kappa shape index (κ2) is 10.6. The van der Waals surface area contributed by atoms with Gasteiger partial charge < -0.3 is 15.8 Å². The highest BCUT2D eigenvalue weighted by atomic mass is 16.5. The van der Waals surface area contributed by atoms with E-state index in [9.17, 15) is 4.79 Å². The minimum absolute atomic E-state index is 0.175. The van der Waals surface area contributed by atoms with E-state index in [-0.39, 0.29) is 11.5 Å². The number of hydrogen-bond acceptors (Lipinski definition) is 6. The van der Waals surface area contributed by atoms with E-state index in [1.165, 1.54) is 12.0 Å². The summed E-state index contributed by atoms with van der Waals surface area (Å²) in [6.45, 7) is 2.23. The third-order valence-corrected chi connectivity index (χ3v) is 8.46. The van der Waals surface area contributed by atoms with Crippen LogP contribution in [0.5, 0.6) is 0 Å². The van der Waals surface area contributed by atoms with Crippen LogP contribution in [-0.2, 0) is 21.5 Å². The SMILES string of the molecule is CCOC(=O)CCc1ccc(-c2nc3n(c2-c2ccc(C4(N)CCC4)cc2)-c2cccnc2Nc2ccccc2-3)cc1. The number of carbonyl (C=O) groups is 1. The molecule has 1 aliphatic heterocycles. The van der Waals surface area contributed by atoms with Gasteiger partial charge in [-0.3, -0.25) is 9.36 Å². The minimum Gasteiger partial charge on any atom is -0.466 e. The minimum atomic E-state index is -0.228. The fourth-order valence-corrected chi connectivity index (χ4v) is 6.01. The molecule has 2 aliphatic rings. The number of pyridine rings is 1. The Kier molecular flexibility index (Phi) is 6.59. The number of ether oxygens (including phenoxy) is 1. The third-order valence-electron chi connectivity index (χ3n) is 8.46. The average Bonchev–Trinajstić information content (AvgIpc) is 3.34. The van der Waals surface area contributed by atoms with Crippen LogP contribution in [0.3, 0.4) is 0 Å². The molecule has 0 amide bonds. The molecule has 7 rings (SSSR count). The predicted octanol–water partition coefficient (Wildman–Crippen LogP) is 7.16. The van der Waals surface area contributed by atoms with Crippen LogP contribution in [0.1, 0.15) is 43.7 Å². The number of aryl methyl sites for hydroxylation is 1. The van der Waals surface area contributed by atoms with Gasteiger partial charge >= 0.3 is 5.97 Å². The first-order chi connectivity index (χ1) is 20.5. The van der Waals surface area contributed by atoms with Gasteiger partial charge in [0.2, 0.25) is 0 Å². The number of nitrogens with zero attached hydrogens (tertiary/aromatic N) is 3. The number of benzene rings is 3. The van der Waals surface area contributed by atoms with Gasteiger partial charge in [0.1, 0.15) is 5.82 Å². The molecular formula is C35H33N5O2. The van der Waals surface area contributed by atoms with Crippen molar-refractivity contribution in [3.8, 4) is 39.6 Å². The van der Waals surface area contributed by atoms with Crippen LogP contribution >= 0.6 is 0 Å². The number of imidazole rings is 1. The van der Waals surface area contributed by atoms with Gasteiger partial charge in [-0.05, 0) is 68.0 Å². The van der Waals surface area contributed by atoms with Gasteiger partial charge in [0.05, 0.1) is 29.4 Å². The Labute approximate surface area is 245 Å². The van der Waals surface area contributed by atoms with Gasteiger partial charge in [0.25, 0.3) is 0 Å². The lowest BCUT2D eigenvalue weighted by Gasteiger charge is -2.38. The van der Waals surface area contributed by atoms with Crippen LogP contribution in [0.15, 0.2) is 91.1 Å². The van der Waals surface area contributed by atoms with Gasteiger partial charge in [-0.15, -0.1) is 0 Å². The van der Waals surface area contributed by atoms with Crippen LogP contribution in [0.2, 0.25) is 0 Å². The van der Waals surface area contributed by atoms with Crippen molar-refractivity contribution in [1.29, 1.82) is 0 Å². The number of fused-ring (bicyclic) bond motifs is 5. The molecule has 1 fully saturated rings. The van der Waals surface area contributed by atoms with Crippen molar-refractivity contribution in [3.63, 3.8) is 0 Å². The molecule has 0 spiro atoms. The maximum Gasteiger partial charge on any atom is 0.306 e. The highest BCUT2D eigenvalue weighted by Gasteiger charge is 2.34. The highest BCUT2D eigenvalue weighted by molar-refractivity contribution is 5.90. The maximum absolute atomic E-state index is 11.9. The van der Waals surface area contributed by atoms with E-state index in [2.05, 4.69) is 76.6 Å². The van der Waals surface area contributed by atoms with Crippen LogP contribution < -0.4 is 11.1 Å². The van der Waals surface area contributed by atoms with Crippen molar-refractivity contribution in [1.82, 2.24) is 14.5 Å². The van der Waals surface area contributed by atoms with Gasteiger partial charge in [0.15, 0.2) is 5.82 Å². The second-order valence-electron chi connectivity index (χ2n) is 11.1. The first kappa shape index (κ1) is 26.2. The Morgan fingerprint density at radius 1 is 0.976 bits per heavy atom. The number of nitrogens with one attached hydrogen (secondary N) is 1. The fraction of sp³-hybridized carbons (Fsp3) is 0.229. The summed E-state index contributed by atoms with van der Waals surface area (Å²) < 4.78 is 7.33. The monoisotopic (exact) mass is 555 g/mol. The largest absolute Gasteiger partial charge is 0.466 e. The van der Waals surface area contributed by atoms with Crippen LogP contribution in [0, 0.1) is 0 Å². The van der Waals surface area contributed by atoms with E-state index in [1.807, 2.05) is 25.1 Å². The molecule has 0 unspecified atom stereocenters. The molecule has 0 saturated heterocycles. The Hall–Kier alpha value is -4.75.